The van der Waals surface area contributed by atoms with Crippen LogP contribution in [0.5, 0.6) is 0 Å². The highest BCUT2D eigenvalue weighted by Crippen LogP contribution is 2.15. The number of anilines is 1. The molecule has 0 spiro atoms. The summed E-state index contributed by atoms with van der Waals surface area (Å²) < 4.78 is 1.16. The second-order valence-electron chi connectivity index (χ2n) is 2.67. The Morgan fingerprint density at radius 3 is 2.93 bits per heavy atom. The van der Waals surface area contributed by atoms with Gasteiger partial charge in [0, 0.05) is 0 Å². The first-order valence-electron chi connectivity index (χ1n) is 3.72. The van der Waals surface area contributed by atoms with Crippen molar-refractivity contribution < 1.29 is 0 Å². The summed E-state index contributed by atoms with van der Waals surface area (Å²) in [5.74, 6) is 0.521. The first-order valence-corrected chi connectivity index (χ1v) is 3.72. The summed E-state index contributed by atoms with van der Waals surface area (Å²) in [6.45, 7) is 1.64. The number of aromatic amines is 1. The third-order valence-corrected chi connectivity index (χ3v) is 1.72. The first-order chi connectivity index (χ1) is 6.63. The Kier molecular flexibility index (Phi) is 1.56. The van der Waals surface area contributed by atoms with Crippen molar-refractivity contribution in [3.8, 4) is 0 Å². The minimum Gasteiger partial charge on any atom is -0.381 e. The van der Waals surface area contributed by atoms with Crippen molar-refractivity contribution in [3.05, 3.63) is 21.1 Å². The number of fused-ring (bicyclic) bond motifs is 1. The Hall–Kier alpha value is -2.25. The molecule has 0 amide bonds. The molecule has 0 aliphatic carbocycles. The molecule has 2 aromatic rings. The molecule has 0 aromatic carbocycles. The normalized spacial score (nSPS) is 10.6. The van der Waals surface area contributed by atoms with E-state index in [0.29, 0.717) is 5.82 Å². The number of nitrogens with two attached hydrogens (primary N) is 1. The third kappa shape index (κ3) is 0.969. The molecule has 2 aromatic heterocycles. The Balaban J connectivity index is 2.99. The molecule has 14 heavy (non-hydrogen) atoms. The lowest BCUT2D eigenvalue weighted by molar-refractivity contribution is 0.921. The summed E-state index contributed by atoms with van der Waals surface area (Å²) >= 11 is 0. The quantitative estimate of drug-likeness (QED) is 0.604. The van der Waals surface area contributed by atoms with Crippen molar-refractivity contribution in [1.29, 1.82) is 0 Å². The molecule has 2 rings (SSSR count). The van der Waals surface area contributed by atoms with Gasteiger partial charge in [0.05, 0.1) is 0 Å². The van der Waals surface area contributed by atoms with Crippen molar-refractivity contribution in [1.82, 2.24) is 19.6 Å². The maximum atomic E-state index is 11.2. The van der Waals surface area contributed by atoms with Crippen LogP contribution in [0.15, 0.2) is 9.97 Å². The number of H-pyrrole nitrogens is 1. The highest BCUT2D eigenvalue weighted by Gasteiger charge is 2.12. The number of aromatic nitrogens is 4. The van der Waals surface area contributed by atoms with Crippen molar-refractivity contribution in [2.24, 2.45) is 5.18 Å². The molecule has 0 radical (unpaired) electrons. The summed E-state index contributed by atoms with van der Waals surface area (Å²) in [7, 11) is 0. The van der Waals surface area contributed by atoms with Crippen LogP contribution in [0.3, 0.4) is 0 Å². The van der Waals surface area contributed by atoms with Crippen LogP contribution in [0.1, 0.15) is 5.82 Å². The maximum Gasteiger partial charge on any atom is 0.284 e. The molecule has 0 atom stereocenters. The molecule has 0 aliphatic heterocycles. The highest BCUT2D eigenvalue weighted by atomic mass is 16.3. The average molecular weight is 194 g/mol. The number of hydrogen-bond acceptors (Lipinski definition) is 6. The molecule has 3 N–H and O–H groups in total. The lowest BCUT2D eigenvalue weighted by Crippen LogP contribution is -2.13. The molecule has 0 fully saturated rings. The minimum atomic E-state index is -0.669. The Labute approximate surface area is 76.7 Å². The Morgan fingerprint density at radius 2 is 2.29 bits per heavy atom. The summed E-state index contributed by atoms with van der Waals surface area (Å²) in [5, 5.41) is 6.40. The van der Waals surface area contributed by atoms with Gasteiger partial charge in [-0.25, -0.2) is 0 Å². The summed E-state index contributed by atoms with van der Waals surface area (Å²) in [5.41, 5.74) is 4.43. The molecule has 2 heterocycles. The van der Waals surface area contributed by atoms with E-state index in [4.69, 9.17) is 5.73 Å². The zero-order chi connectivity index (χ0) is 10.3. The lowest BCUT2D eigenvalue weighted by atomic mass is 10.5. The van der Waals surface area contributed by atoms with Crippen LogP contribution in [0.4, 0.5) is 11.5 Å². The number of nitrogens with one attached hydrogen (secondary N) is 1. The number of nitrogen functional groups attached to an aromatic ring is 1. The van der Waals surface area contributed by atoms with Gasteiger partial charge < -0.3 is 5.73 Å². The number of nitroso groups, excluding NO2 is 1. The monoisotopic (exact) mass is 194 g/mol. The topological polar surface area (TPSA) is 118 Å². The lowest BCUT2D eigenvalue weighted by Gasteiger charge is -1.97. The third-order valence-electron chi connectivity index (χ3n) is 1.72. The van der Waals surface area contributed by atoms with Crippen LogP contribution >= 0.6 is 0 Å². The highest BCUT2D eigenvalue weighted by molar-refractivity contribution is 5.59. The summed E-state index contributed by atoms with van der Waals surface area (Å²) in [4.78, 5) is 27.7. The van der Waals surface area contributed by atoms with Crippen molar-refractivity contribution in [2.45, 2.75) is 6.92 Å². The van der Waals surface area contributed by atoms with Crippen molar-refractivity contribution >= 4 is 17.3 Å². The van der Waals surface area contributed by atoms with Gasteiger partial charge in [0.15, 0.2) is 5.82 Å². The van der Waals surface area contributed by atoms with Gasteiger partial charge in [-0.15, -0.1) is 10.0 Å². The summed E-state index contributed by atoms with van der Waals surface area (Å²) in [6.07, 6.45) is 0. The summed E-state index contributed by atoms with van der Waals surface area (Å²) in [6, 6.07) is 0. The SMILES string of the molecule is Cc1nc2[nH]c(=O)c(N=O)c(N)n2n1. The standard InChI is InChI=1S/C6H6N6O2/c1-2-8-6-9-5(13)3(11-14)4(7)12(6)10-2/h7H2,1H3,(H,8,9,10,13). The molecule has 72 valence electrons. The van der Waals surface area contributed by atoms with Crippen LogP contribution in [-0.4, -0.2) is 19.6 Å². The van der Waals surface area contributed by atoms with Crippen LogP contribution < -0.4 is 11.3 Å². The molecule has 0 saturated carbocycles. The number of nitrogens with zero attached hydrogens (tertiary/aromatic N) is 4. The van der Waals surface area contributed by atoms with Gasteiger partial charge in [0.2, 0.25) is 11.5 Å². The van der Waals surface area contributed by atoms with E-state index in [1.165, 1.54) is 0 Å². The van der Waals surface area contributed by atoms with Crippen molar-refractivity contribution in [2.75, 3.05) is 5.73 Å². The van der Waals surface area contributed by atoms with Gasteiger partial charge >= 0.3 is 0 Å². The van der Waals surface area contributed by atoms with Crippen LogP contribution in [0, 0.1) is 11.8 Å². The zero-order valence-corrected chi connectivity index (χ0v) is 7.18. The van der Waals surface area contributed by atoms with E-state index in [1.807, 2.05) is 0 Å². The van der Waals surface area contributed by atoms with E-state index >= 15 is 0 Å². The van der Waals surface area contributed by atoms with E-state index < -0.39 is 5.56 Å². The van der Waals surface area contributed by atoms with E-state index in [2.05, 4.69) is 20.2 Å². The Morgan fingerprint density at radius 1 is 1.57 bits per heavy atom. The molecule has 8 heteroatoms. The van der Waals surface area contributed by atoms with E-state index in [9.17, 15) is 9.70 Å². The molecule has 0 saturated heterocycles. The molecular weight excluding hydrogens is 188 g/mol. The van der Waals surface area contributed by atoms with Crippen LogP contribution in [-0.2, 0) is 0 Å². The number of hydrogen-bond donors (Lipinski definition) is 2. The second-order valence-corrected chi connectivity index (χ2v) is 2.67. The molecule has 0 bridgehead atoms. The van der Waals surface area contributed by atoms with Gasteiger partial charge in [-0.1, -0.05) is 0 Å². The van der Waals surface area contributed by atoms with E-state index in [1.54, 1.807) is 6.92 Å². The zero-order valence-electron chi connectivity index (χ0n) is 7.18. The van der Waals surface area contributed by atoms with Crippen molar-refractivity contribution in [3.63, 3.8) is 0 Å². The van der Waals surface area contributed by atoms with Gasteiger partial charge in [-0.05, 0) is 12.1 Å². The van der Waals surface area contributed by atoms with Gasteiger partial charge in [0.25, 0.3) is 5.56 Å². The molecule has 0 unspecified atom stereocenters. The maximum absolute atomic E-state index is 11.2. The fourth-order valence-electron chi connectivity index (χ4n) is 1.13. The number of aryl methyl sites for hydroxylation is 1. The van der Waals surface area contributed by atoms with Crippen LogP contribution in [0.2, 0.25) is 0 Å². The van der Waals surface area contributed by atoms with Gasteiger partial charge in [0.1, 0.15) is 5.82 Å². The number of rotatable bonds is 1. The largest absolute Gasteiger partial charge is 0.381 e. The van der Waals surface area contributed by atoms with Gasteiger partial charge in [-0.3, -0.25) is 9.78 Å². The Bertz CT molecular complexity index is 567. The van der Waals surface area contributed by atoms with Crippen LogP contribution in [0.25, 0.3) is 5.78 Å². The van der Waals surface area contributed by atoms with Gasteiger partial charge in [-0.2, -0.15) is 9.50 Å². The fraction of sp³-hybridized carbons (Fsp3) is 0.167. The predicted molar refractivity (Wildman–Crippen MR) is 48.2 cm³/mol. The first kappa shape index (κ1) is 8.35. The average Bonchev–Trinajstić information content (AvgIpc) is 2.47. The molecular formula is C6H6N6O2. The van der Waals surface area contributed by atoms with E-state index in [-0.39, 0.29) is 17.3 Å². The smallest absolute Gasteiger partial charge is 0.284 e. The minimum absolute atomic E-state index is 0.112. The molecule has 8 nitrogen and oxygen atoms in total. The fourth-order valence-corrected chi connectivity index (χ4v) is 1.13. The second kappa shape index (κ2) is 2.62. The predicted octanol–water partition coefficient (Wildman–Crippen LogP) is -0.294. The molecule has 0 aliphatic rings. The van der Waals surface area contributed by atoms with E-state index in [0.717, 1.165) is 4.52 Å².